The summed E-state index contributed by atoms with van der Waals surface area (Å²) in [5.41, 5.74) is 1.41. The summed E-state index contributed by atoms with van der Waals surface area (Å²) in [6.07, 6.45) is 6.31. The number of benzene rings is 2. The molecule has 9 heteroatoms. The smallest absolute Gasteiger partial charge is 0.269 e. The van der Waals surface area contributed by atoms with E-state index in [9.17, 15) is 20.0 Å². The van der Waals surface area contributed by atoms with Gasteiger partial charge in [-0.1, -0.05) is 27.7 Å². The molecule has 1 fully saturated rings. The Morgan fingerprint density at radius 1 is 0.947 bits per heavy atom. The van der Waals surface area contributed by atoms with E-state index in [1.54, 1.807) is 30.5 Å². The number of nitro benzene ring substituents is 1. The van der Waals surface area contributed by atoms with Crippen LogP contribution in [0.15, 0.2) is 48.7 Å². The van der Waals surface area contributed by atoms with Crippen molar-refractivity contribution in [3.8, 4) is 17.2 Å². The van der Waals surface area contributed by atoms with Gasteiger partial charge in [-0.25, -0.2) is 0 Å². The van der Waals surface area contributed by atoms with Crippen molar-refractivity contribution in [2.75, 3.05) is 31.1 Å². The van der Waals surface area contributed by atoms with E-state index >= 15 is 0 Å². The molecule has 0 aromatic heterocycles. The lowest BCUT2D eigenvalue weighted by Gasteiger charge is -2.35. The highest BCUT2D eigenvalue weighted by atomic mass is 16.6. The number of anilines is 1. The molecule has 0 unspecified atom stereocenters. The molecule has 0 atom stereocenters. The van der Waals surface area contributed by atoms with E-state index in [0.717, 1.165) is 44.5 Å². The van der Waals surface area contributed by atoms with Gasteiger partial charge < -0.3 is 24.4 Å². The van der Waals surface area contributed by atoms with Crippen LogP contribution in [-0.4, -0.2) is 59.1 Å². The van der Waals surface area contributed by atoms with E-state index in [1.165, 1.54) is 18.2 Å². The van der Waals surface area contributed by atoms with E-state index in [0.29, 0.717) is 18.7 Å². The summed E-state index contributed by atoms with van der Waals surface area (Å²) in [5.74, 6) is 0.240. The molecule has 3 rings (SSSR count). The number of hydrogen-bond acceptors (Lipinski definition) is 8. The van der Waals surface area contributed by atoms with Gasteiger partial charge in [0, 0.05) is 61.8 Å². The lowest BCUT2D eigenvalue weighted by molar-refractivity contribution is -0.384. The first-order valence-corrected chi connectivity index (χ1v) is 13.5. The van der Waals surface area contributed by atoms with Gasteiger partial charge in [0.25, 0.3) is 5.69 Å². The van der Waals surface area contributed by atoms with Gasteiger partial charge >= 0.3 is 0 Å². The maximum absolute atomic E-state index is 13.2. The Morgan fingerprint density at radius 3 is 1.89 bits per heavy atom. The maximum atomic E-state index is 13.2. The standard InChI is InChI=1S/C29H39N3O6/c1-5-24(6-2)37-27-19-21(20-28(29(27)34)38-25(7-3)8-4)26(33)13-14-30-15-17-31(18-16-30)22-9-11-23(12-10-22)32(35)36/h9-14,19-20,24-25,34H,5-8,15-18H2,1-4H3. The fourth-order valence-corrected chi connectivity index (χ4v) is 4.36. The largest absolute Gasteiger partial charge is 0.502 e. The van der Waals surface area contributed by atoms with Gasteiger partial charge in [0.15, 0.2) is 17.3 Å². The number of ketones is 1. The normalized spacial score (nSPS) is 13.9. The molecule has 0 spiro atoms. The molecule has 0 saturated carbocycles. The van der Waals surface area contributed by atoms with Crippen molar-refractivity contribution in [1.29, 1.82) is 0 Å². The highest BCUT2D eigenvalue weighted by Gasteiger charge is 2.21. The van der Waals surface area contributed by atoms with Gasteiger partial charge in [0.05, 0.1) is 17.1 Å². The summed E-state index contributed by atoms with van der Waals surface area (Å²) in [6.45, 7) is 11.0. The number of phenolic OH excluding ortho intramolecular Hbond substituents is 1. The number of aromatic hydroxyl groups is 1. The minimum atomic E-state index is -0.403. The molecular weight excluding hydrogens is 486 g/mol. The Hall–Kier alpha value is -3.75. The summed E-state index contributed by atoms with van der Waals surface area (Å²) in [4.78, 5) is 27.9. The molecule has 0 aliphatic carbocycles. The molecule has 1 aliphatic rings. The summed E-state index contributed by atoms with van der Waals surface area (Å²) in [6, 6.07) is 9.74. The minimum absolute atomic E-state index is 0.0741. The third-order valence-electron chi connectivity index (χ3n) is 6.91. The first kappa shape index (κ1) is 28.8. The number of carbonyl (C=O) groups is 1. The lowest BCUT2D eigenvalue weighted by atomic mass is 10.1. The Kier molecular flexibility index (Phi) is 10.4. The second kappa shape index (κ2) is 13.7. The van der Waals surface area contributed by atoms with Crippen LogP contribution >= 0.6 is 0 Å². The van der Waals surface area contributed by atoms with Crippen LogP contribution in [0.4, 0.5) is 11.4 Å². The van der Waals surface area contributed by atoms with Crippen LogP contribution in [0, 0.1) is 10.1 Å². The molecule has 1 aliphatic heterocycles. The number of ether oxygens (including phenoxy) is 2. The topological polar surface area (TPSA) is 105 Å². The van der Waals surface area contributed by atoms with Crippen LogP contribution in [0.2, 0.25) is 0 Å². The summed E-state index contributed by atoms with van der Waals surface area (Å²) < 4.78 is 12.1. The van der Waals surface area contributed by atoms with Gasteiger partial charge in [0.1, 0.15) is 0 Å². The number of allylic oxidation sites excluding steroid dienone is 1. The van der Waals surface area contributed by atoms with E-state index in [-0.39, 0.29) is 40.9 Å². The molecule has 2 aromatic carbocycles. The number of phenols is 1. The number of nitrogens with zero attached hydrogens (tertiary/aromatic N) is 3. The molecule has 0 bridgehead atoms. The van der Waals surface area contributed by atoms with Crippen LogP contribution in [0.3, 0.4) is 0 Å². The van der Waals surface area contributed by atoms with Gasteiger partial charge in [-0.3, -0.25) is 14.9 Å². The Bertz CT molecular complexity index is 1070. The van der Waals surface area contributed by atoms with Crippen LogP contribution in [0.1, 0.15) is 63.7 Å². The third kappa shape index (κ3) is 7.40. The van der Waals surface area contributed by atoms with Gasteiger partial charge in [-0.05, 0) is 49.9 Å². The molecule has 1 saturated heterocycles. The molecule has 1 N–H and O–H groups in total. The molecular formula is C29H39N3O6. The first-order chi connectivity index (χ1) is 18.3. The first-order valence-electron chi connectivity index (χ1n) is 13.5. The number of piperazine rings is 1. The maximum Gasteiger partial charge on any atom is 0.269 e. The predicted molar refractivity (Wildman–Crippen MR) is 148 cm³/mol. The minimum Gasteiger partial charge on any atom is -0.502 e. The second-order valence-electron chi connectivity index (χ2n) is 9.41. The van der Waals surface area contributed by atoms with E-state index < -0.39 is 4.92 Å². The fourth-order valence-electron chi connectivity index (χ4n) is 4.36. The van der Waals surface area contributed by atoms with Crippen molar-refractivity contribution in [3.05, 3.63) is 64.4 Å². The summed E-state index contributed by atoms with van der Waals surface area (Å²) >= 11 is 0. The Morgan fingerprint density at radius 2 is 1.45 bits per heavy atom. The van der Waals surface area contributed by atoms with Gasteiger partial charge in [-0.2, -0.15) is 0 Å². The highest BCUT2D eigenvalue weighted by Crippen LogP contribution is 2.39. The van der Waals surface area contributed by atoms with E-state index in [1.807, 2.05) is 27.7 Å². The van der Waals surface area contributed by atoms with Crippen LogP contribution in [-0.2, 0) is 0 Å². The van der Waals surface area contributed by atoms with E-state index in [4.69, 9.17) is 9.47 Å². The lowest BCUT2D eigenvalue weighted by Crippen LogP contribution is -2.44. The molecule has 0 radical (unpaired) electrons. The van der Waals surface area contributed by atoms with Crippen LogP contribution in [0.25, 0.3) is 0 Å². The fraction of sp³-hybridized carbons (Fsp3) is 0.483. The number of non-ortho nitro benzene ring substituents is 1. The molecule has 206 valence electrons. The Balaban J connectivity index is 1.71. The summed E-state index contributed by atoms with van der Waals surface area (Å²) in [7, 11) is 0. The van der Waals surface area contributed by atoms with Gasteiger partial charge in [-0.15, -0.1) is 0 Å². The molecule has 38 heavy (non-hydrogen) atoms. The van der Waals surface area contributed by atoms with Crippen molar-refractivity contribution in [1.82, 2.24) is 4.90 Å². The van der Waals surface area contributed by atoms with Crippen LogP contribution in [0.5, 0.6) is 17.2 Å². The number of hydrogen-bond donors (Lipinski definition) is 1. The number of rotatable bonds is 13. The quantitative estimate of drug-likeness (QED) is 0.148. The molecule has 1 heterocycles. The van der Waals surface area contributed by atoms with Crippen molar-refractivity contribution < 1.29 is 24.3 Å². The van der Waals surface area contributed by atoms with Crippen molar-refractivity contribution in [2.45, 2.75) is 65.6 Å². The predicted octanol–water partition coefficient (Wildman–Crippen LogP) is 5.95. The average molecular weight is 526 g/mol. The second-order valence-corrected chi connectivity index (χ2v) is 9.41. The highest BCUT2D eigenvalue weighted by molar-refractivity contribution is 6.05. The zero-order chi connectivity index (χ0) is 27.7. The van der Waals surface area contributed by atoms with Crippen molar-refractivity contribution in [3.63, 3.8) is 0 Å². The Labute approximate surface area is 224 Å². The van der Waals surface area contributed by atoms with Crippen LogP contribution < -0.4 is 14.4 Å². The average Bonchev–Trinajstić information content (AvgIpc) is 2.95. The zero-order valence-corrected chi connectivity index (χ0v) is 22.8. The molecule has 9 nitrogen and oxygen atoms in total. The molecule has 2 aromatic rings. The van der Waals surface area contributed by atoms with E-state index in [2.05, 4.69) is 9.80 Å². The summed E-state index contributed by atoms with van der Waals surface area (Å²) in [5, 5.41) is 21.7. The zero-order valence-electron chi connectivity index (χ0n) is 22.8. The van der Waals surface area contributed by atoms with Crippen molar-refractivity contribution in [2.24, 2.45) is 0 Å². The van der Waals surface area contributed by atoms with Gasteiger partial charge in [0.2, 0.25) is 5.75 Å². The third-order valence-corrected chi connectivity index (χ3v) is 6.91. The number of carbonyl (C=O) groups excluding carboxylic acids is 1. The molecule has 0 amide bonds. The monoisotopic (exact) mass is 525 g/mol. The number of nitro groups is 1. The van der Waals surface area contributed by atoms with Crippen molar-refractivity contribution >= 4 is 17.2 Å². The SMILES string of the molecule is CCC(CC)Oc1cc(C(=O)C=CN2CCN(c3ccc([N+](=O)[O-])cc3)CC2)cc(OC(CC)CC)c1O.